The van der Waals surface area contributed by atoms with Gasteiger partial charge >= 0.3 is 0 Å². The summed E-state index contributed by atoms with van der Waals surface area (Å²) in [7, 11) is 0. The zero-order valence-corrected chi connectivity index (χ0v) is 13.8. The molecule has 0 aromatic heterocycles. The molecule has 0 aliphatic heterocycles. The predicted octanol–water partition coefficient (Wildman–Crippen LogP) is 1.92. The first-order valence-electron chi connectivity index (χ1n) is 7.84. The summed E-state index contributed by atoms with van der Waals surface area (Å²) in [6.45, 7) is 0. The van der Waals surface area contributed by atoms with Crippen LogP contribution in [0.2, 0.25) is 0 Å². The third kappa shape index (κ3) is 1.92. The number of benzene rings is 3. The Hall–Kier alpha value is -4.27. The van der Waals surface area contributed by atoms with E-state index in [4.69, 9.17) is 5.73 Å². The van der Waals surface area contributed by atoms with Gasteiger partial charge in [0, 0.05) is 16.2 Å². The number of carbonyl (C=O) groups excluding carboxylic acids is 3. The maximum Gasteiger partial charge on any atom is 0.250 e. The van der Waals surface area contributed by atoms with Crippen molar-refractivity contribution in [3.63, 3.8) is 0 Å². The van der Waals surface area contributed by atoms with Crippen molar-refractivity contribution in [3.05, 3.63) is 52.5 Å². The van der Waals surface area contributed by atoms with Gasteiger partial charge in [-0.2, -0.15) is 0 Å². The molecule has 0 atom stereocenters. The largest absolute Gasteiger partial charge is 0.507 e. The molecule has 140 valence electrons. The monoisotopic (exact) mass is 381 g/mol. The van der Waals surface area contributed by atoms with Crippen LogP contribution in [-0.2, 0) is 0 Å². The van der Waals surface area contributed by atoms with Gasteiger partial charge in [-0.1, -0.05) is 12.1 Å². The molecular weight excluding hydrogens is 370 g/mol. The molecule has 3 aromatic carbocycles. The second-order valence-corrected chi connectivity index (χ2v) is 6.21. The molecule has 0 fully saturated rings. The SMILES string of the molecule is NC(=O)c1c2c(c(O)c3c(O)c4cccc(O)c4cc13)C(=O)C(O)=C(O)C2=O. The molecule has 0 saturated heterocycles. The number of amides is 1. The molecule has 3 aromatic rings. The van der Waals surface area contributed by atoms with E-state index in [1.165, 1.54) is 24.3 Å². The van der Waals surface area contributed by atoms with Gasteiger partial charge in [0.1, 0.15) is 17.2 Å². The fraction of sp³-hybridized carbons (Fsp3) is 0. The number of aliphatic hydroxyl groups is 2. The molecule has 0 saturated carbocycles. The third-order valence-electron chi connectivity index (χ3n) is 4.73. The minimum atomic E-state index is -1.32. The lowest BCUT2D eigenvalue weighted by atomic mass is 9.83. The first-order chi connectivity index (χ1) is 13.2. The molecule has 0 heterocycles. The number of aromatic hydroxyl groups is 3. The van der Waals surface area contributed by atoms with Gasteiger partial charge in [-0.25, -0.2) is 0 Å². The maximum absolute atomic E-state index is 12.5. The number of carbonyl (C=O) groups is 3. The second kappa shape index (κ2) is 5.36. The van der Waals surface area contributed by atoms with Crippen molar-refractivity contribution in [2.45, 2.75) is 0 Å². The van der Waals surface area contributed by atoms with Crippen LogP contribution in [0.4, 0.5) is 0 Å². The molecule has 28 heavy (non-hydrogen) atoms. The Bertz CT molecular complexity index is 1320. The summed E-state index contributed by atoms with van der Waals surface area (Å²) in [6.07, 6.45) is 0. The van der Waals surface area contributed by atoms with E-state index in [1.54, 1.807) is 0 Å². The van der Waals surface area contributed by atoms with E-state index in [0.29, 0.717) is 0 Å². The summed E-state index contributed by atoms with van der Waals surface area (Å²) >= 11 is 0. The van der Waals surface area contributed by atoms with E-state index in [1.807, 2.05) is 0 Å². The van der Waals surface area contributed by atoms with Crippen molar-refractivity contribution in [2.75, 3.05) is 0 Å². The molecule has 0 spiro atoms. The number of nitrogens with two attached hydrogens (primary N) is 1. The van der Waals surface area contributed by atoms with Gasteiger partial charge in [0.25, 0.3) is 0 Å². The average molecular weight is 381 g/mol. The fourth-order valence-corrected chi connectivity index (χ4v) is 3.49. The lowest BCUT2D eigenvalue weighted by Gasteiger charge is -2.21. The van der Waals surface area contributed by atoms with Crippen molar-refractivity contribution in [2.24, 2.45) is 5.73 Å². The number of phenols is 3. The summed E-state index contributed by atoms with van der Waals surface area (Å²) in [6, 6.07) is 5.38. The van der Waals surface area contributed by atoms with Gasteiger partial charge < -0.3 is 31.3 Å². The van der Waals surface area contributed by atoms with E-state index in [0.717, 1.165) is 0 Å². The van der Waals surface area contributed by atoms with Crippen molar-refractivity contribution < 1.29 is 39.9 Å². The normalized spacial score (nSPS) is 14.0. The Morgan fingerprint density at radius 1 is 0.786 bits per heavy atom. The Morgan fingerprint density at radius 2 is 1.39 bits per heavy atom. The highest BCUT2D eigenvalue weighted by Gasteiger charge is 2.40. The predicted molar refractivity (Wildman–Crippen MR) is 95.9 cm³/mol. The number of Topliss-reactive ketones (excluding diaryl/α,β-unsaturated/α-hetero) is 2. The second-order valence-electron chi connectivity index (χ2n) is 6.21. The molecule has 1 aliphatic rings. The van der Waals surface area contributed by atoms with Crippen LogP contribution in [0.15, 0.2) is 35.8 Å². The fourth-order valence-electron chi connectivity index (χ4n) is 3.49. The number of hydrogen-bond donors (Lipinski definition) is 6. The number of primary amides is 1. The zero-order valence-electron chi connectivity index (χ0n) is 13.8. The molecular formula is C19H11NO8. The van der Waals surface area contributed by atoms with E-state index in [9.17, 15) is 39.9 Å². The van der Waals surface area contributed by atoms with E-state index in [2.05, 4.69) is 0 Å². The Kier molecular flexibility index (Phi) is 3.29. The maximum atomic E-state index is 12.5. The van der Waals surface area contributed by atoms with E-state index >= 15 is 0 Å². The zero-order chi connectivity index (χ0) is 20.5. The number of aliphatic hydroxyl groups excluding tert-OH is 2. The van der Waals surface area contributed by atoms with Gasteiger partial charge in [-0.05, 0) is 12.1 Å². The van der Waals surface area contributed by atoms with Crippen LogP contribution in [-0.4, -0.2) is 43.0 Å². The van der Waals surface area contributed by atoms with E-state index < -0.39 is 57.2 Å². The highest BCUT2D eigenvalue weighted by atomic mass is 16.3. The quantitative estimate of drug-likeness (QED) is 0.346. The van der Waals surface area contributed by atoms with Gasteiger partial charge in [0.15, 0.2) is 0 Å². The lowest BCUT2D eigenvalue weighted by molar-refractivity contribution is 0.0874. The minimum Gasteiger partial charge on any atom is -0.507 e. The summed E-state index contributed by atoms with van der Waals surface area (Å²) in [5, 5.41) is 50.4. The van der Waals surface area contributed by atoms with Crippen molar-refractivity contribution >= 4 is 39.0 Å². The first-order valence-corrected chi connectivity index (χ1v) is 7.84. The Labute approximate surface area is 155 Å². The highest BCUT2D eigenvalue weighted by Crippen LogP contribution is 2.47. The molecule has 0 bridgehead atoms. The van der Waals surface area contributed by atoms with Gasteiger partial charge in [-0.15, -0.1) is 0 Å². The van der Waals surface area contributed by atoms with Crippen LogP contribution >= 0.6 is 0 Å². The molecule has 0 unspecified atom stereocenters. The van der Waals surface area contributed by atoms with E-state index in [-0.39, 0.29) is 27.3 Å². The van der Waals surface area contributed by atoms with Gasteiger partial charge in [-0.3, -0.25) is 14.4 Å². The Morgan fingerprint density at radius 3 is 2.00 bits per heavy atom. The van der Waals surface area contributed by atoms with Crippen LogP contribution < -0.4 is 5.73 Å². The van der Waals surface area contributed by atoms with Gasteiger partial charge in [0.05, 0.1) is 22.1 Å². The molecule has 4 rings (SSSR count). The number of allylic oxidation sites excluding steroid dienone is 2. The molecule has 1 aliphatic carbocycles. The lowest BCUT2D eigenvalue weighted by Crippen LogP contribution is -2.27. The van der Waals surface area contributed by atoms with Crippen molar-refractivity contribution in [3.8, 4) is 17.2 Å². The molecule has 7 N–H and O–H groups in total. The van der Waals surface area contributed by atoms with Crippen LogP contribution in [0.3, 0.4) is 0 Å². The number of rotatable bonds is 1. The number of hydrogen-bond acceptors (Lipinski definition) is 8. The Balaban J connectivity index is 2.35. The summed E-state index contributed by atoms with van der Waals surface area (Å²) < 4.78 is 0. The smallest absolute Gasteiger partial charge is 0.250 e. The minimum absolute atomic E-state index is 0.0894. The topological polar surface area (TPSA) is 178 Å². The summed E-state index contributed by atoms with van der Waals surface area (Å²) in [4.78, 5) is 37.0. The third-order valence-corrected chi connectivity index (χ3v) is 4.73. The van der Waals surface area contributed by atoms with Crippen molar-refractivity contribution in [1.82, 2.24) is 0 Å². The number of phenolic OH excluding ortho intramolecular Hbond substituents is 3. The van der Waals surface area contributed by atoms with Crippen LogP contribution in [0.25, 0.3) is 21.5 Å². The standard InChI is InChI=1S/C19H11NO8/c20-19(28)9-7-4-6-5(2-1-3-8(6)21)13(22)10(7)14(23)12-11(9)15(24)17(26)18(27)16(12)25/h1-4,21-23,26-27H,(H2,20,28). The number of ketones is 2. The molecule has 1 amide bonds. The average Bonchev–Trinajstić information content (AvgIpc) is 2.64. The van der Waals surface area contributed by atoms with Gasteiger partial charge in [0.2, 0.25) is 29.0 Å². The van der Waals surface area contributed by atoms with Crippen LogP contribution in [0, 0.1) is 0 Å². The van der Waals surface area contributed by atoms with Crippen LogP contribution in [0.1, 0.15) is 31.1 Å². The molecule has 9 heteroatoms. The molecule has 9 nitrogen and oxygen atoms in total. The highest BCUT2D eigenvalue weighted by molar-refractivity contribution is 6.33. The first kappa shape index (κ1) is 17.2. The molecule has 0 radical (unpaired) electrons. The van der Waals surface area contributed by atoms with Crippen molar-refractivity contribution in [1.29, 1.82) is 0 Å². The number of fused-ring (bicyclic) bond motifs is 3. The van der Waals surface area contributed by atoms with Crippen LogP contribution in [0.5, 0.6) is 17.2 Å². The summed E-state index contributed by atoms with van der Waals surface area (Å²) in [5.41, 5.74) is 3.36. The summed E-state index contributed by atoms with van der Waals surface area (Å²) in [5.74, 6) is -8.12.